The van der Waals surface area contributed by atoms with Crippen LogP contribution in [0.5, 0.6) is 0 Å². The Bertz CT molecular complexity index is 613. The first kappa shape index (κ1) is 25.2. The van der Waals surface area contributed by atoms with Crippen LogP contribution in [-0.4, -0.2) is 117 Å². The van der Waals surface area contributed by atoms with Crippen molar-refractivity contribution in [2.45, 2.75) is 45.3 Å². The van der Waals surface area contributed by atoms with E-state index in [9.17, 15) is 9.59 Å². The van der Waals surface area contributed by atoms with E-state index in [1.807, 2.05) is 20.8 Å². The lowest BCUT2D eigenvalue weighted by Gasteiger charge is -2.26. The molecule has 2 aliphatic rings. The van der Waals surface area contributed by atoms with Gasteiger partial charge in [-0.2, -0.15) is 0 Å². The van der Waals surface area contributed by atoms with E-state index in [-0.39, 0.29) is 24.6 Å². The molecule has 0 bridgehead atoms. The van der Waals surface area contributed by atoms with E-state index in [0.29, 0.717) is 19.0 Å². The standard InChI is InChI=1S/C21H40N6O4/c1-21(2,3)31-20(29)27-10-7-17(16-27)24-19(23-15-18(28)25(4)5)22-8-6-9-26-11-13-30-14-12-26/h17H,6-16H2,1-5H3,(H2,22,23,24). The zero-order valence-electron chi connectivity index (χ0n) is 19.8. The molecule has 2 aliphatic heterocycles. The number of rotatable bonds is 7. The Morgan fingerprint density at radius 1 is 1.19 bits per heavy atom. The summed E-state index contributed by atoms with van der Waals surface area (Å²) < 4.78 is 10.9. The number of ether oxygens (including phenoxy) is 2. The average Bonchev–Trinajstić information content (AvgIpc) is 3.17. The minimum Gasteiger partial charge on any atom is -0.444 e. The maximum atomic E-state index is 12.3. The summed E-state index contributed by atoms with van der Waals surface area (Å²) in [4.78, 5) is 34.4. The second kappa shape index (κ2) is 12.1. The number of amides is 2. The normalized spacial score (nSPS) is 20.5. The van der Waals surface area contributed by atoms with Crippen LogP contribution in [0, 0.1) is 0 Å². The Morgan fingerprint density at radius 2 is 1.90 bits per heavy atom. The Balaban J connectivity index is 1.84. The fourth-order valence-corrected chi connectivity index (χ4v) is 3.34. The van der Waals surface area contributed by atoms with Crippen molar-refractivity contribution in [2.24, 2.45) is 4.99 Å². The molecule has 178 valence electrons. The van der Waals surface area contributed by atoms with Gasteiger partial charge in [0.05, 0.1) is 13.2 Å². The van der Waals surface area contributed by atoms with Gasteiger partial charge in [0.1, 0.15) is 12.1 Å². The molecule has 1 unspecified atom stereocenters. The third kappa shape index (κ3) is 9.73. The summed E-state index contributed by atoms with van der Waals surface area (Å²) in [5.41, 5.74) is -0.510. The van der Waals surface area contributed by atoms with Crippen molar-refractivity contribution < 1.29 is 19.1 Å². The van der Waals surface area contributed by atoms with E-state index in [0.717, 1.165) is 52.2 Å². The van der Waals surface area contributed by atoms with Crippen molar-refractivity contribution in [3.8, 4) is 0 Å². The van der Waals surface area contributed by atoms with E-state index >= 15 is 0 Å². The van der Waals surface area contributed by atoms with Crippen molar-refractivity contribution in [2.75, 3.05) is 73.1 Å². The second-order valence-electron chi connectivity index (χ2n) is 9.24. The maximum absolute atomic E-state index is 12.3. The van der Waals surface area contributed by atoms with Gasteiger partial charge >= 0.3 is 6.09 Å². The van der Waals surface area contributed by atoms with Crippen molar-refractivity contribution in [3.63, 3.8) is 0 Å². The molecule has 0 aromatic heterocycles. The minimum absolute atomic E-state index is 0.0591. The Hall–Kier alpha value is -2.07. The molecule has 2 N–H and O–H groups in total. The van der Waals surface area contributed by atoms with Crippen LogP contribution in [0.15, 0.2) is 4.99 Å². The van der Waals surface area contributed by atoms with Crippen LogP contribution in [0.2, 0.25) is 0 Å². The molecule has 10 nitrogen and oxygen atoms in total. The van der Waals surface area contributed by atoms with Crippen LogP contribution < -0.4 is 10.6 Å². The topological polar surface area (TPSA) is 98.7 Å². The molecular formula is C21H40N6O4. The Kier molecular flexibility index (Phi) is 9.83. The molecule has 2 amide bonds. The van der Waals surface area contributed by atoms with Crippen LogP contribution in [-0.2, 0) is 14.3 Å². The van der Waals surface area contributed by atoms with Crippen molar-refractivity contribution in [1.82, 2.24) is 25.3 Å². The lowest BCUT2D eigenvalue weighted by molar-refractivity contribution is -0.127. The molecule has 31 heavy (non-hydrogen) atoms. The van der Waals surface area contributed by atoms with Crippen LogP contribution in [0.4, 0.5) is 4.79 Å². The van der Waals surface area contributed by atoms with Crippen LogP contribution in [0.1, 0.15) is 33.6 Å². The molecule has 0 radical (unpaired) electrons. The van der Waals surface area contributed by atoms with Gasteiger partial charge in [0.25, 0.3) is 0 Å². The van der Waals surface area contributed by atoms with Gasteiger partial charge < -0.3 is 29.9 Å². The van der Waals surface area contributed by atoms with Crippen molar-refractivity contribution in [1.29, 1.82) is 0 Å². The third-order valence-electron chi connectivity index (χ3n) is 5.10. The van der Waals surface area contributed by atoms with Gasteiger partial charge in [0.2, 0.25) is 5.91 Å². The summed E-state index contributed by atoms with van der Waals surface area (Å²) >= 11 is 0. The summed E-state index contributed by atoms with van der Waals surface area (Å²) in [7, 11) is 3.44. The molecular weight excluding hydrogens is 400 g/mol. The van der Waals surface area contributed by atoms with E-state index < -0.39 is 5.60 Å². The van der Waals surface area contributed by atoms with Gasteiger partial charge in [-0.25, -0.2) is 9.79 Å². The molecule has 0 spiro atoms. The quantitative estimate of drug-likeness (QED) is 0.335. The number of nitrogens with one attached hydrogen (secondary N) is 2. The highest BCUT2D eigenvalue weighted by Crippen LogP contribution is 2.15. The molecule has 2 fully saturated rings. The number of morpholine rings is 1. The molecule has 0 aromatic rings. The third-order valence-corrected chi connectivity index (χ3v) is 5.10. The molecule has 0 aliphatic carbocycles. The zero-order valence-corrected chi connectivity index (χ0v) is 19.8. The van der Waals surface area contributed by atoms with Crippen LogP contribution in [0.3, 0.4) is 0 Å². The van der Waals surface area contributed by atoms with Gasteiger partial charge in [-0.05, 0) is 40.2 Å². The first-order valence-corrected chi connectivity index (χ1v) is 11.2. The summed E-state index contributed by atoms with van der Waals surface area (Å²) in [6, 6.07) is 0.0625. The van der Waals surface area contributed by atoms with E-state index in [1.54, 1.807) is 19.0 Å². The van der Waals surface area contributed by atoms with Gasteiger partial charge in [0.15, 0.2) is 5.96 Å². The summed E-state index contributed by atoms with van der Waals surface area (Å²) in [6.07, 6.45) is 1.48. The van der Waals surface area contributed by atoms with Crippen LogP contribution >= 0.6 is 0 Å². The van der Waals surface area contributed by atoms with E-state index in [2.05, 4.69) is 20.5 Å². The number of carbonyl (C=O) groups excluding carboxylic acids is 2. The number of hydrogen-bond acceptors (Lipinski definition) is 6. The van der Waals surface area contributed by atoms with Gasteiger partial charge in [-0.3, -0.25) is 9.69 Å². The molecule has 2 saturated heterocycles. The Labute approximate surface area is 186 Å². The smallest absolute Gasteiger partial charge is 0.410 e. The SMILES string of the molecule is CN(C)C(=O)CN=C(NCCCN1CCOCC1)NC1CCN(C(=O)OC(C)(C)C)C1. The first-order valence-electron chi connectivity index (χ1n) is 11.2. The predicted molar refractivity (Wildman–Crippen MR) is 120 cm³/mol. The number of guanidine groups is 1. The number of likely N-dealkylation sites (tertiary alicyclic amines) is 1. The summed E-state index contributed by atoms with van der Waals surface area (Å²) in [5, 5.41) is 6.72. The fourth-order valence-electron chi connectivity index (χ4n) is 3.34. The number of hydrogen-bond donors (Lipinski definition) is 2. The summed E-state index contributed by atoms with van der Waals surface area (Å²) in [6.45, 7) is 12.1. The second-order valence-corrected chi connectivity index (χ2v) is 9.24. The van der Waals surface area contributed by atoms with Gasteiger partial charge in [-0.1, -0.05) is 0 Å². The lowest BCUT2D eigenvalue weighted by atomic mass is 10.2. The predicted octanol–water partition coefficient (Wildman–Crippen LogP) is 0.342. The molecule has 0 saturated carbocycles. The highest BCUT2D eigenvalue weighted by atomic mass is 16.6. The van der Waals surface area contributed by atoms with Crippen molar-refractivity contribution >= 4 is 18.0 Å². The van der Waals surface area contributed by atoms with Crippen LogP contribution in [0.25, 0.3) is 0 Å². The minimum atomic E-state index is -0.510. The fraction of sp³-hybridized carbons (Fsp3) is 0.857. The number of nitrogens with zero attached hydrogens (tertiary/aromatic N) is 4. The number of aliphatic imine (C=N–C) groups is 1. The molecule has 0 aromatic carbocycles. The van der Waals surface area contributed by atoms with E-state index in [4.69, 9.17) is 9.47 Å². The zero-order chi connectivity index (χ0) is 22.9. The number of carbonyl (C=O) groups is 2. The van der Waals surface area contributed by atoms with Gasteiger partial charge in [-0.15, -0.1) is 0 Å². The van der Waals surface area contributed by atoms with E-state index in [1.165, 1.54) is 4.90 Å². The highest BCUT2D eigenvalue weighted by molar-refractivity contribution is 5.85. The molecule has 1 atom stereocenters. The van der Waals surface area contributed by atoms with Gasteiger partial charge in [0, 0.05) is 52.9 Å². The molecule has 10 heteroatoms. The monoisotopic (exact) mass is 440 g/mol. The molecule has 2 rings (SSSR count). The Morgan fingerprint density at radius 3 is 2.55 bits per heavy atom. The lowest BCUT2D eigenvalue weighted by Crippen LogP contribution is -2.46. The molecule has 2 heterocycles. The first-order chi connectivity index (χ1) is 14.6. The maximum Gasteiger partial charge on any atom is 0.410 e. The number of likely N-dealkylation sites (N-methyl/N-ethyl adjacent to an activating group) is 1. The summed E-state index contributed by atoms with van der Waals surface area (Å²) in [5.74, 6) is 0.546. The average molecular weight is 441 g/mol. The highest BCUT2D eigenvalue weighted by Gasteiger charge is 2.30. The largest absolute Gasteiger partial charge is 0.444 e. The van der Waals surface area contributed by atoms with Crippen molar-refractivity contribution in [3.05, 3.63) is 0 Å².